The summed E-state index contributed by atoms with van der Waals surface area (Å²) in [6, 6.07) is 13.3. The Morgan fingerprint density at radius 1 is 0.923 bits per heavy atom. The minimum absolute atomic E-state index is 0.0427. The second-order valence-electron chi connectivity index (χ2n) is 8.64. The Kier molecular flexibility index (Phi) is 9.55. The normalized spacial score (nSPS) is 12.6. The fraction of sp³-hybridized carbons (Fsp3) is 0.296. The monoisotopic (exact) mass is 554 g/mol. The molecule has 0 aliphatic heterocycles. The van der Waals surface area contributed by atoms with E-state index in [4.69, 9.17) is 9.84 Å². The number of nitrogens with zero attached hydrogens (tertiary/aromatic N) is 1. The largest absolute Gasteiger partial charge is 0.493 e. The van der Waals surface area contributed by atoms with Crippen molar-refractivity contribution in [2.75, 3.05) is 13.2 Å². The van der Waals surface area contributed by atoms with Crippen molar-refractivity contribution in [1.29, 1.82) is 0 Å². The molecule has 0 saturated carbocycles. The number of benzene rings is 2. The van der Waals surface area contributed by atoms with Crippen LogP contribution >= 0.6 is 0 Å². The van der Waals surface area contributed by atoms with Crippen LogP contribution in [0, 0.1) is 0 Å². The van der Waals surface area contributed by atoms with Crippen LogP contribution in [-0.2, 0) is 11.0 Å². The highest BCUT2D eigenvalue weighted by Gasteiger charge is 2.30. The molecular weight excluding hydrogens is 530 g/mol. The number of hydrogen-bond acceptors (Lipinski definition) is 4. The third-order valence-electron chi connectivity index (χ3n) is 5.73. The zero-order valence-corrected chi connectivity index (χ0v) is 20.4. The lowest BCUT2D eigenvalue weighted by Gasteiger charge is -2.19. The molecule has 2 aromatic carbocycles. The van der Waals surface area contributed by atoms with E-state index in [1.165, 1.54) is 48.7 Å². The topological polar surface area (TPSA) is 88.5 Å². The predicted molar refractivity (Wildman–Crippen MR) is 129 cm³/mol. The highest BCUT2D eigenvalue weighted by atomic mass is 19.4. The SMILES string of the molecule is O=C(O)CCNC(=O)c1ccc(OCC(CCC(F)(F)F)c2ccc(-c3ccc(C(F)(F)F)cc3)nc2)cc1. The van der Waals surface area contributed by atoms with Crippen LogP contribution in [0.3, 0.4) is 0 Å². The number of rotatable bonds is 11. The first-order valence-electron chi connectivity index (χ1n) is 11.7. The molecule has 1 amide bonds. The van der Waals surface area contributed by atoms with E-state index in [9.17, 15) is 35.9 Å². The van der Waals surface area contributed by atoms with Crippen molar-refractivity contribution >= 4 is 11.9 Å². The molecule has 6 nitrogen and oxygen atoms in total. The molecule has 3 rings (SSSR count). The zero-order valence-electron chi connectivity index (χ0n) is 20.4. The number of carboxylic acids is 1. The summed E-state index contributed by atoms with van der Waals surface area (Å²) in [5.74, 6) is -1.92. The smallest absolute Gasteiger partial charge is 0.416 e. The number of nitrogens with one attached hydrogen (secondary N) is 1. The Morgan fingerprint density at radius 2 is 1.59 bits per heavy atom. The maximum atomic E-state index is 12.9. The number of carbonyl (C=O) groups is 2. The number of carbonyl (C=O) groups excluding carboxylic acids is 1. The van der Waals surface area contributed by atoms with Gasteiger partial charge in [-0.25, -0.2) is 0 Å². The summed E-state index contributed by atoms with van der Waals surface area (Å²) in [5, 5.41) is 11.1. The third kappa shape index (κ3) is 9.31. The van der Waals surface area contributed by atoms with E-state index >= 15 is 0 Å². The number of halogens is 6. The van der Waals surface area contributed by atoms with Gasteiger partial charge in [0.25, 0.3) is 5.91 Å². The quantitative estimate of drug-likeness (QED) is 0.265. The van der Waals surface area contributed by atoms with Crippen LogP contribution in [0.5, 0.6) is 5.75 Å². The molecule has 1 atom stereocenters. The first-order chi connectivity index (χ1) is 18.3. The van der Waals surface area contributed by atoms with Crippen LogP contribution in [0.1, 0.15) is 46.7 Å². The molecule has 1 heterocycles. The first-order valence-corrected chi connectivity index (χ1v) is 11.7. The van der Waals surface area contributed by atoms with Crippen LogP contribution < -0.4 is 10.1 Å². The van der Waals surface area contributed by atoms with Crippen molar-refractivity contribution in [3.05, 3.63) is 83.6 Å². The molecule has 0 aliphatic carbocycles. The summed E-state index contributed by atoms with van der Waals surface area (Å²) in [6.45, 7) is -0.166. The van der Waals surface area contributed by atoms with Gasteiger partial charge in [-0.05, 0) is 54.4 Å². The summed E-state index contributed by atoms with van der Waals surface area (Å²) in [4.78, 5) is 26.8. The maximum absolute atomic E-state index is 12.9. The molecule has 3 aromatic rings. The van der Waals surface area contributed by atoms with Crippen molar-refractivity contribution in [2.45, 2.75) is 37.5 Å². The Hall–Kier alpha value is -4.09. The zero-order chi connectivity index (χ0) is 28.6. The predicted octanol–water partition coefficient (Wildman–Crippen LogP) is 6.48. The lowest BCUT2D eigenvalue weighted by atomic mass is 9.95. The molecule has 2 N–H and O–H groups in total. The second-order valence-corrected chi connectivity index (χ2v) is 8.64. The van der Waals surface area contributed by atoms with Crippen molar-refractivity contribution in [3.8, 4) is 17.0 Å². The van der Waals surface area contributed by atoms with Crippen LogP contribution in [0.2, 0.25) is 0 Å². The molecule has 0 spiro atoms. The molecular formula is C27H24F6N2O4. The second kappa shape index (κ2) is 12.6. The van der Waals surface area contributed by atoms with Gasteiger partial charge in [0.15, 0.2) is 0 Å². The Labute approximate surface area is 219 Å². The summed E-state index contributed by atoms with van der Waals surface area (Å²) in [6.07, 6.45) is -9.06. The van der Waals surface area contributed by atoms with Gasteiger partial charge < -0.3 is 15.2 Å². The van der Waals surface area contributed by atoms with E-state index in [1.807, 2.05) is 0 Å². The van der Waals surface area contributed by atoms with Gasteiger partial charge in [0, 0.05) is 36.2 Å². The van der Waals surface area contributed by atoms with Crippen LogP contribution in [-0.4, -0.2) is 41.3 Å². The Bertz CT molecular complexity index is 1240. The highest BCUT2D eigenvalue weighted by Crippen LogP contribution is 2.32. The van der Waals surface area contributed by atoms with Gasteiger partial charge >= 0.3 is 18.3 Å². The van der Waals surface area contributed by atoms with Gasteiger partial charge in [0.2, 0.25) is 0 Å². The van der Waals surface area contributed by atoms with E-state index in [1.54, 1.807) is 6.07 Å². The van der Waals surface area contributed by atoms with Crippen molar-refractivity contribution in [2.24, 2.45) is 0 Å². The molecule has 1 unspecified atom stereocenters. The average Bonchev–Trinajstić information content (AvgIpc) is 2.88. The molecule has 1 aromatic heterocycles. The van der Waals surface area contributed by atoms with Gasteiger partial charge in [-0.3, -0.25) is 14.6 Å². The van der Waals surface area contributed by atoms with E-state index < -0.39 is 42.1 Å². The fourth-order valence-corrected chi connectivity index (χ4v) is 3.62. The lowest BCUT2D eigenvalue weighted by molar-refractivity contribution is -0.138. The Morgan fingerprint density at radius 3 is 2.13 bits per heavy atom. The summed E-state index contributed by atoms with van der Waals surface area (Å²) in [7, 11) is 0. The minimum atomic E-state index is -4.48. The van der Waals surface area contributed by atoms with Crippen molar-refractivity contribution in [1.82, 2.24) is 10.3 Å². The summed E-state index contributed by atoms with van der Waals surface area (Å²) < 4.78 is 82.9. The molecule has 0 fully saturated rings. The van der Waals surface area contributed by atoms with Crippen molar-refractivity contribution < 1.29 is 45.8 Å². The molecule has 12 heteroatoms. The van der Waals surface area contributed by atoms with Crippen molar-refractivity contribution in [3.63, 3.8) is 0 Å². The first kappa shape index (κ1) is 29.5. The fourth-order valence-electron chi connectivity index (χ4n) is 3.62. The van der Waals surface area contributed by atoms with Crippen LogP contribution in [0.25, 0.3) is 11.3 Å². The number of carboxylic acid groups (broad SMARTS) is 1. The number of hydrogen-bond donors (Lipinski definition) is 2. The van der Waals surface area contributed by atoms with E-state index in [0.717, 1.165) is 12.1 Å². The molecule has 0 aliphatic rings. The van der Waals surface area contributed by atoms with E-state index in [0.29, 0.717) is 22.6 Å². The van der Waals surface area contributed by atoms with Crippen LogP contribution in [0.4, 0.5) is 26.3 Å². The third-order valence-corrected chi connectivity index (χ3v) is 5.73. The van der Waals surface area contributed by atoms with Crippen LogP contribution in [0.15, 0.2) is 66.9 Å². The van der Waals surface area contributed by atoms with E-state index in [2.05, 4.69) is 10.3 Å². The number of pyridine rings is 1. The molecule has 0 radical (unpaired) electrons. The molecule has 0 bridgehead atoms. The van der Waals surface area contributed by atoms with Gasteiger partial charge in [0.05, 0.1) is 24.3 Å². The Balaban J connectivity index is 1.68. The summed E-state index contributed by atoms with van der Waals surface area (Å²) in [5.41, 5.74) is 0.692. The summed E-state index contributed by atoms with van der Waals surface area (Å²) >= 11 is 0. The molecule has 208 valence electrons. The van der Waals surface area contributed by atoms with Gasteiger partial charge in [-0.2, -0.15) is 26.3 Å². The number of ether oxygens (including phenoxy) is 1. The molecule has 39 heavy (non-hydrogen) atoms. The number of aromatic nitrogens is 1. The maximum Gasteiger partial charge on any atom is 0.416 e. The standard InChI is InChI=1S/C27H24F6N2O4/c28-26(29,30)13-11-20(16-39-22-8-3-18(4-9-22)25(38)34-14-12-24(36)37)19-5-10-23(35-15-19)17-1-6-21(7-2-17)27(31,32)33/h1-10,15,20H,11-14,16H2,(H,34,38)(H,36,37). The van der Waals surface area contributed by atoms with E-state index in [-0.39, 0.29) is 31.6 Å². The lowest BCUT2D eigenvalue weighted by Crippen LogP contribution is -2.25. The molecule has 0 saturated heterocycles. The van der Waals surface area contributed by atoms with Gasteiger partial charge in [-0.15, -0.1) is 0 Å². The van der Waals surface area contributed by atoms with Gasteiger partial charge in [-0.1, -0.05) is 18.2 Å². The average molecular weight is 554 g/mol. The number of alkyl halides is 6. The number of amides is 1. The number of aliphatic carboxylic acids is 1. The highest BCUT2D eigenvalue weighted by molar-refractivity contribution is 5.94. The van der Waals surface area contributed by atoms with Gasteiger partial charge in [0.1, 0.15) is 5.75 Å². The minimum Gasteiger partial charge on any atom is -0.493 e.